The van der Waals surface area contributed by atoms with Gasteiger partial charge in [0.05, 0.1) is 16.1 Å². The van der Waals surface area contributed by atoms with Crippen molar-refractivity contribution in [3.05, 3.63) is 33.8 Å². The summed E-state index contributed by atoms with van der Waals surface area (Å²) in [7, 11) is 0. The summed E-state index contributed by atoms with van der Waals surface area (Å²) in [6.45, 7) is 0.859. The van der Waals surface area contributed by atoms with Gasteiger partial charge in [-0.05, 0) is 42.9 Å². The molecule has 4 heteroatoms. The third-order valence-corrected chi connectivity index (χ3v) is 6.08. The van der Waals surface area contributed by atoms with Gasteiger partial charge in [-0.2, -0.15) is 0 Å². The Morgan fingerprint density at radius 1 is 1.16 bits per heavy atom. The van der Waals surface area contributed by atoms with Crippen LogP contribution in [0.1, 0.15) is 30.7 Å². The first-order chi connectivity index (χ1) is 9.15. The zero-order valence-corrected chi connectivity index (χ0v) is 12.1. The summed E-state index contributed by atoms with van der Waals surface area (Å²) in [6.07, 6.45) is 3.49. The van der Waals surface area contributed by atoms with Crippen LogP contribution in [0, 0.1) is 5.92 Å². The van der Waals surface area contributed by atoms with Crippen LogP contribution in [-0.4, -0.2) is 34.7 Å². The van der Waals surface area contributed by atoms with E-state index in [9.17, 15) is 5.11 Å². The molecule has 0 amide bonds. The van der Waals surface area contributed by atoms with Crippen LogP contribution in [0.25, 0.3) is 0 Å². The maximum Gasteiger partial charge on any atom is 0.0716 e. The van der Waals surface area contributed by atoms with Crippen molar-refractivity contribution in [3.63, 3.8) is 0 Å². The van der Waals surface area contributed by atoms with Crippen molar-refractivity contribution in [2.24, 2.45) is 5.92 Å². The van der Waals surface area contributed by atoms with E-state index in [1.165, 1.54) is 18.4 Å². The molecule has 102 valence electrons. The topological polar surface area (TPSA) is 23.5 Å². The smallest absolute Gasteiger partial charge is 0.0716 e. The van der Waals surface area contributed by atoms with E-state index >= 15 is 0 Å². The van der Waals surface area contributed by atoms with Crippen molar-refractivity contribution in [1.82, 2.24) is 4.90 Å². The van der Waals surface area contributed by atoms with E-state index in [0.29, 0.717) is 34.0 Å². The maximum absolute atomic E-state index is 10.4. The van der Waals surface area contributed by atoms with Gasteiger partial charge in [0.1, 0.15) is 0 Å². The Kier molecular flexibility index (Phi) is 2.86. The van der Waals surface area contributed by atoms with E-state index in [1.807, 2.05) is 12.1 Å². The summed E-state index contributed by atoms with van der Waals surface area (Å²) in [6, 6.07) is 7.19. The summed E-state index contributed by atoms with van der Waals surface area (Å²) in [5, 5.41) is 11.6. The highest BCUT2D eigenvalue weighted by atomic mass is 35.5. The fourth-order valence-corrected chi connectivity index (χ4v) is 4.91. The van der Waals surface area contributed by atoms with Crippen molar-refractivity contribution >= 4 is 23.2 Å². The Balaban J connectivity index is 1.73. The SMILES string of the molecule is O[C@@H]1CN2[C@@H]3CC[C@H]2[C@H]1[C@@H](c1ccc(Cl)c(Cl)c1)C3. The lowest BCUT2D eigenvalue weighted by molar-refractivity contribution is 0.113. The average molecular weight is 298 g/mol. The van der Waals surface area contributed by atoms with Gasteiger partial charge in [-0.3, -0.25) is 4.90 Å². The minimum Gasteiger partial charge on any atom is -0.391 e. The Labute approximate surface area is 123 Å². The fraction of sp³-hybridized carbons (Fsp3) is 0.600. The second-order valence-corrected chi connectivity index (χ2v) is 6.97. The number of hydrogen-bond donors (Lipinski definition) is 1. The lowest BCUT2D eigenvalue weighted by Crippen LogP contribution is -2.41. The van der Waals surface area contributed by atoms with Crippen LogP contribution in [0.3, 0.4) is 0 Å². The Hall–Kier alpha value is -0.280. The van der Waals surface area contributed by atoms with Gasteiger partial charge >= 0.3 is 0 Å². The Bertz CT molecular complexity index is 521. The molecule has 0 saturated carbocycles. The number of halogens is 2. The molecular formula is C15H17Cl2NO. The molecule has 3 fully saturated rings. The molecule has 1 aromatic rings. The predicted octanol–water partition coefficient (Wildman–Crippen LogP) is 3.30. The van der Waals surface area contributed by atoms with Crippen LogP contribution in [0.4, 0.5) is 0 Å². The highest BCUT2D eigenvalue weighted by Crippen LogP contribution is 2.52. The quantitative estimate of drug-likeness (QED) is 0.860. The molecule has 1 aromatic carbocycles. The third kappa shape index (κ3) is 1.77. The van der Waals surface area contributed by atoms with Crippen LogP contribution < -0.4 is 0 Å². The van der Waals surface area contributed by atoms with Crippen molar-refractivity contribution < 1.29 is 5.11 Å². The normalized spacial score (nSPS) is 43.7. The average Bonchev–Trinajstić information content (AvgIpc) is 2.78. The number of hydrogen-bond acceptors (Lipinski definition) is 2. The second-order valence-electron chi connectivity index (χ2n) is 6.16. The minimum absolute atomic E-state index is 0.185. The Morgan fingerprint density at radius 3 is 2.79 bits per heavy atom. The summed E-state index contributed by atoms with van der Waals surface area (Å²) < 4.78 is 0. The van der Waals surface area contributed by atoms with E-state index in [4.69, 9.17) is 23.2 Å². The van der Waals surface area contributed by atoms with Crippen molar-refractivity contribution in [2.75, 3.05) is 6.54 Å². The van der Waals surface area contributed by atoms with Gasteiger partial charge in [0.2, 0.25) is 0 Å². The number of piperidine rings is 1. The van der Waals surface area contributed by atoms with Crippen LogP contribution in [-0.2, 0) is 0 Å². The van der Waals surface area contributed by atoms with Gasteiger partial charge in [-0.1, -0.05) is 29.3 Å². The van der Waals surface area contributed by atoms with Crippen molar-refractivity contribution in [1.29, 1.82) is 0 Å². The monoisotopic (exact) mass is 297 g/mol. The first kappa shape index (κ1) is 12.5. The van der Waals surface area contributed by atoms with Crippen LogP contribution in [0.2, 0.25) is 10.0 Å². The molecule has 1 N–H and O–H groups in total. The lowest BCUT2D eigenvalue weighted by atomic mass is 9.77. The molecule has 0 aliphatic carbocycles. The lowest BCUT2D eigenvalue weighted by Gasteiger charge is -2.37. The summed E-state index contributed by atoms with van der Waals surface area (Å²) in [5.74, 6) is 0.803. The third-order valence-electron chi connectivity index (χ3n) is 5.34. The number of aliphatic hydroxyl groups excluding tert-OH is 1. The van der Waals surface area contributed by atoms with Crippen molar-refractivity contribution in [3.8, 4) is 0 Å². The summed E-state index contributed by atoms with van der Waals surface area (Å²) >= 11 is 12.2. The molecule has 1 unspecified atom stereocenters. The molecule has 4 rings (SSSR count). The Morgan fingerprint density at radius 2 is 2.00 bits per heavy atom. The van der Waals surface area contributed by atoms with Gasteiger partial charge in [0, 0.05) is 24.5 Å². The van der Waals surface area contributed by atoms with Gasteiger partial charge in [0.25, 0.3) is 0 Å². The molecule has 2 nitrogen and oxygen atoms in total. The molecule has 3 aliphatic rings. The zero-order valence-electron chi connectivity index (χ0n) is 10.6. The standard InChI is InChI=1S/C15H17Cl2NO/c16-11-3-1-8(5-12(11)17)10-6-9-2-4-13-15(10)14(19)7-18(9)13/h1,3,5,9-10,13-15,19H,2,4,6-7H2/t9-,10-,13+,14-,15-/m1/s1. The molecular weight excluding hydrogens is 281 g/mol. The van der Waals surface area contributed by atoms with E-state index in [0.717, 1.165) is 13.0 Å². The molecule has 0 aromatic heterocycles. The molecule has 6 atom stereocenters. The largest absolute Gasteiger partial charge is 0.391 e. The van der Waals surface area contributed by atoms with Gasteiger partial charge in [-0.15, -0.1) is 0 Å². The van der Waals surface area contributed by atoms with E-state index in [1.54, 1.807) is 0 Å². The van der Waals surface area contributed by atoms with E-state index in [2.05, 4.69) is 11.0 Å². The molecule has 0 radical (unpaired) electrons. The highest BCUT2D eigenvalue weighted by molar-refractivity contribution is 6.42. The van der Waals surface area contributed by atoms with Gasteiger partial charge in [0.15, 0.2) is 0 Å². The maximum atomic E-state index is 10.4. The van der Waals surface area contributed by atoms with Gasteiger partial charge < -0.3 is 5.11 Å². The van der Waals surface area contributed by atoms with E-state index < -0.39 is 0 Å². The number of nitrogens with zero attached hydrogens (tertiary/aromatic N) is 1. The van der Waals surface area contributed by atoms with Crippen LogP contribution >= 0.6 is 23.2 Å². The van der Waals surface area contributed by atoms with Crippen LogP contribution in [0.5, 0.6) is 0 Å². The zero-order chi connectivity index (χ0) is 13.1. The van der Waals surface area contributed by atoms with Crippen molar-refractivity contribution in [2.45, 2.75) is 43.4 Å². The highest BCUT2D eigenvalue weighted by Gasteiger charge is 2.55. The molecule has 4 bridgehead atoms. The number of benzene rings is 1. The fourth-order valence-electron chi connectivity index (χ4n) is 4.60. The summed E-state index contributed by atoms with van der Waals surface area (Å²) in [5.41, 5.74) is 1.25. The molecule has 3 saturated heterocycles. The number of rotatable bonds is 1. The molecule has 0 spiro atoms. The minimum atomic E-state index is -0.185. The first-order valence-corrected chi connectivity index (χ1v) is 7.79. The van der Waals surface area contributed by atoms with Gasteiger partial charge in [-0.25, -0.2) is 0 Å². The first-order valence-electron chi connectivity index (χ1n) is 7.04. The second kappa shape index (κ2) is 4.36. The van der Waals surface area contributed by atoms with Crippen LogP contribution in [0.15, 0.2) is 18.2 Å². The molecule has 3 heterocycles. The molecule has 19 heavy (non-hydrogen) atoms. The predicted molar refractivity (Wildman–Crippen MR) is 76.8 cm³/mol. The number of aliphatic hydroxyl groups is 1. The summed E-state index contributed by atoms with van der Waals surface area (Å²) in [4.78, 5) is 2.53. The van der Waals surface area contributed by atoms with E-state index in [-0.39, 0.29) is 6.10 Å². The molecule has 3 aliphatic heterocycles.